The summed E-state index contributed by atoms with van der Waals surface area (Å²) in [7, 11) is 1.57. The van der Waals surface area contributed by atoms with E-state index in [1.807, 2.05) is 41.4 Å². The molecule has 3 heterocycles. The van der Waals surface area contributed by atoms with Gasteiger partial charge in [0.1, 0.15) is 5.82 Å². The molecule has 3 amide bonds. The maximum Gasteiger partial charge on any atom is 0.328 e. The molecule has 0 aliphatic carbocycles. The van der Waals surface area contributed by atoms with Crippen molar-refractivity contribution in [1.29, 1.82) is 0 Å². The number of hydrogen-bond acceptors (Lipinski definition) is 6. The lowest BCUT2D eigenvalue weighted by Gasteiger charge is -2.41. The van der Waals surface area contributed by atoms with E-state index in [-0.39, 0.29) is 11.6 Å². The van der Waals surface area contributed by atoms with Crippen molar-refractivity contribution in [2.24, 2.45) is 4.99 Å². The first kappa shape index (κ1) is 20.9. The molecule has 3 atom stereocenters. The summed E-state index contributed by atoms with van der Waals surface area (Å²) < 4.78 is 13.6. The van der Waals surface area contributed by atoms with Crippen LogP contribution in [-0.4, -0.2) is 63.7 Å². The predicted octanol–water partition coefficient (Wildman–Crippen LogP) is 2.88. The van der Waals surface area contributed by atoms with Crippen molar-refractivity contribution in [1.82, 2.24) is 14.7 Å². The summed E-state index contributed by atoms with van der Waals surface area (Å²) in [5.74, 6) is -0.663. The van der Waals surface area contributed by atoms with E-state index in [0.717, 1.165) is 16.2 Å². The van der Waals surface area contributed by atoms with Gasteiger partial charge in [0.25, 0.3) is 5.91 Å². The molecule has 3 aliphatic heterocycles. The quantitative estimate of drug-likeness (QED) is 0.721. The molecule has 0 saturated carbocycles. The standard InChI is InChI=1S/C24H22FN5O3/c1-14(15(2)31)29-22(32)20-21(27(3)24(29)33)26-23-28(20)13-19(16-7-5-4-6-8-16)30(23)18-11-9-17(25)10-12-18/h4-14,20-21H,1-3H3. The molecule has 2 aromatic rings. The Bertz CT molecular complexity index is 1210. The van der Waals surface area contributed by atoms with E-state index in [2.05, 4.69) is 0 Å². The topological polar surface area (TPSA) is 76.5 Å². The van der Waals surface area contributed by atoms with Crippen LogP contribution in [-0.2, 0) is 9.59 Å². The summed E-state index contributed by atoms with van der Waals surface area (Å²) in [6.07, 6.45) is 1.08. The van der Waals surface area contributed by atoms with Crippen LogP contribution >= 0.6 is 0 Å². The van der Waals surface area contributed by atoms with Crippen LogP contribution in [0.3, 0.4) is 0 Å². The number of hydrogen-bond donors (Lipinski definition) is 0. The minimum Gasteiger partial charge on any atom is -0.302 e. The third-order valence-electron chi connectivity index (χ3n) is 6.29. The van der Waals surface area contributed by atoms with Crippen LogP contribution in [0.1, 0.15) is 19.4 Å². The van der Waals surface area contributed by atoms with Gasteiger partial charge in [-0.05, 0) is 38.1 Å². The summed E-state index contributed by atoms with van der Waals surface area (Å²) in [4.78, 5) is 49.2. The minimum absolute atomic E-state index is 0.280. The number of carbonyl (C=O) groups excluding carboxylic acids is 3. The first-order chi connectivity index (χ1) is 15.8. The molecule has 0 spiro atoms. The third-order valence-corrected chi connectivity index (χ3v) is 6.29. The number of nitrogens with zero attached hydrogens (tertiary/aromatic N) is 5. The van der Waals surface area contributed by atoms with E-state index in [0.29, 0.717) is 11.6 Å². The van der Waals surface area contributed by atoms with Gasteiger partial charge in [0, 0.05) is 24.5 Å². The highest BCUT2D eigenvalue weighted by molar-refractivity contribution is 6.16. The van der Waals surface area contributed by atoms with Crippen LogP contribution in [0.25, 0.3) is 5.70 Å². The Kier molecular flexibility index (Phi) is 4.77. The number of fused-ring (bicyclic) bond motifs is 3. The molecular formula is C24H22FN5O3. The molecule has 1 fully saturated rings. The average Bonchev–Trinajstić information content (AvgIpc) is 3.35. The monoisotopic (exact) mass is 447 g/mol. The van der Waals surface area contributed by atoms with Gasteiger partial charge in [-0.2, -0.15) is 0 Å². The predicted molar refractivity (Wildman–Crippen MR) is 120 cm³/mol. The molecule has 168 valence electrons. The number of Topliss-reactive ketones (excluding diaryl/α,β-unsaturated/α-hetero) is 1. The molecule has 3 unspecified atom stereocenters. The van der Waals surface area contributed by atoms with Crippen LogP contribution in [0.2, 0.25) is 0 Å². The van der Waals surface area contributed by atoms with Crippen molar-refractivity contribution >= 4 is 35.1 Å². The summed E-state index contributed by atoms with van der Waals surface area (Å²) >= 11 is 0. The Morgan fingerprint density at radius 2 is 1.73 bits per heavy atom. The first-order valence-corrected chi connectivity index (χ1v) is 10.6. The molecule has 0 N–H and O–H groups in total. The van der Waals surface area contributed by atoms with Gasteiger partial charge in [-0.15, -0.1) is 0 Å². The van der Waals surface area contributed by atoms with E-state index < -0.39 is 30.2 Å². The number of aliphatic imine (C=N–C) groups is 1. The fourth-order valence-electron chi connectivity index (χ4n) is 4.39. The zero-order valence-electron chi connectivity index (χ0n) is 18.3. The zero-order valence-corrected chi connectivity index (χ0v) is 18.3. The van der Waals surface area contributed by atoms with Crippen LogP contribution in [0.4, 0.5) is 14.9 Å². The number of ketones is 1. The first-order valence-electron chi connectivity index (χ1n) is 10.6. The number of guanidine groups is 1. The molecule has 5 rings (SSSR count). The highest BCUT2D eigenvalue weighted by atomic mass is 19.1. The van der Waals surface area contributed by atoms with E-state index in [1.54, 1.807) is 31.0 Å². The molecule has 2 aromatic carbocycles. The van der Waals surface area contributed by atoms with Gasteiger partial charge in [-0.3, -0.25) is 24.3 Å². The SMILES string of the molecule is CC(=O)C(C)N1C(=O)C2C(N=C3N(c4ccc(F)cc4)C(c4ccccc4)=CN32)N(C)C1=O. The Labute approximate surface area is 190 Å². The highest BCUT2D eigenvalue weighted by Crippen LogP contribution is 2.40. The van der Waals surface area contributed by atoms with Crippen LogP contribution in [0, 0.1) is 5.82 Å². The van der Waals surface area contributed by atoms with Gasteiger partial charge < -0.3 is 4.90 Å². The number of amides is 3. The number of halogens is 1. The van der Waals surface area contributed by atoms with Gasteiger partial charge in [0.15, 0.2) is 18.0 Å². The Balaban J connectivity index is 1.62. The lowest BCUT2D eigenvalue weighted by molar-refractivity contribution is -0.142. The Morgan fingerprint density at radius 3 is 2.36 bits per heavy atom. The van der Waals surface area contributed by atoms with E-state index in [4.69, 9.17) is 4.99 Å². The van der Waals surface area contributed by atoms with Crippen LogP contribution in [0.15, 0.2) is 65.8 Å². The zero-order chi connectivity index (χ0) is 23.4. The fourth-order valence-corrected chi connectivity index (χ4v) is 4.39. The van der Waals surface area contributed by atoms with Crippen molar-refractivity contribution in [2.75, 3.05) is 11.9 Å². The molecule has 8 nitrogen and oxygen atoms in total. The second-order valence-corrected chi connectivity index (χ2v) is 8.28. The smallest absolute Gasteiger partial charge is 0.302 e. The Hall–Kier alpha value is -4.01. The molecule has 9 heteroatoms. The van der Waals surface area contributed by atoms with Gasteiger partial charge in [0.05, 0.1) is 11.7 Å². The molecule has 0 radical (unpaired) electrons. The average molecular weight is 447 g/mol. The lowest BCUT2D eigenvalue weighted by Crippen LogP contribution is -2.66. The maximum atomic E-state index is 13.6. The second-order valence-electron chi connectivity index (χ2n) is 8.28. The second kappa shape index (κ2) is 7.54. The van der Waals surface area contributed by atoms with Crippen LogP contribution in [0.5, 0.6) is 0 Å². The van der Waals surface area contributed by atoms with Gasteiger partial charge in [-0.25, -0.2) is 14.2 Å². The van der Waals surface area contributed by atoms with Crippen LogP contribution < -0.4 is 4.90 Å². The summed E-state index contributed by atoms with van der Waals surface area (Å²) in [6.45, 7) is 2.90. The number of likely N-dealkylation sites (N-methyl/N-ethyl adjacent to an activating group) is 1. The van der Waals surface area contributed by atoms with Gasteiger partial charge in [-0.1, -0.05) is 30.3 Å². The number of urea groups is 1. The fraction of sp³-hybridized carbons (Fsp3) is 0.250. The molecule has 3 aliphatic rings. The van der Waals surface area contributed by atoms with E-state index in [9.17, 15) is 18.8 Å². The third kappa shape index (κ3) is 3.11. The van der Waals surface area contributed by atoms with E-state index >= 15 is 0 Å². The number of rotatable bonds is 4. The Morgan fingerprint density at radius 1 is 1.06 bits per heavy atom. The highest BCUT2D eigenvalue weighted by Gasteiger charge is 2.56. The number of imide groups is 1. The lowest BCUT2D eigenvalue weighted by atomic mass is 10.1. The molecule has 1 saturated heterocycles. The largest absolute Gasteiger partial charge is 0.328 e. The maximum absolute atomic E-state index is 13.6. The van der Waals surface area contributed by atoms with Crippen molar-refractivity contribution in [3.05, 3.63) is 72.2 Å². The van der Waals surface area contributed by atoms with Crippen molar-refractivity contribution < 1.29 is 18.8 Å². The summed E-state index contributed by atoms with van der Waals surface area (Å²) in [5.41, 5.74) is 2.32. The number of benzene rings is 2. The minimum atomic E-state index is -0.883. The summed E-state index contributed by atoms with van der Waals surface area (Å²) in [5, 5.41) is 0. The van der Waals surface area contributed by atoms with Gasteiger partial charge >= 0.3 is 6.03 Å². The van der Waals surface area contributed by atoms with Crippen molar-refractivity contribution in [3.8, 4) is 0 Å². The van der Waals surface area contributed by atoms with Crippen molar-refractivity contribution in [3.63, 3.8) is 0 Å². The molecule has 0 aromatic heterocycles. The van der Waals surface area contributed by atoms with Crippen molar-refractivity contribution in [2.45, 2.75) is 32.1 Å². The van der Waals surface area contributed by atoms with E-state index in [1.165, 1.54) is 24.0 Å². The van der Waals surface area contributed by atoms with Gasteiger partial charge in [0.2, 0.25) is 5.96 Å². The number of carbonyl (C=O) groups is 3. The summed E-state index contributed by atoms with van der Waals surface area (Å²) in [6, 6.07) is 13.3. The molecule has 33 heavy (non-hydrogen) atoms. The molecule has 0 bridgehead atoms. The normalized spacial score (nSPS) is 22.8. The molecular weight excluding hydrogens is 425 g/mol. The number of anilines is 1.